The molecule has 0 saturated heterocycles. The van der Waals surface area contributed by atoms with Gasteiger partial charge in [-0.15, -0.1) is 10.2 Å². The van der Waals surface area contributed by atoms with Crippen LogP contribution in [0.5, 0.6) is 5.75 Å². The number of anilines is 1. The Hall–Kier alpha value is -5.32. The number of carbonyl (C=O) groups excluding carboxylic acids is 2. The zero-order valence-corrected chi connectivity index (χ0v) is 24.2. The molecule has 0 aliphatic heterocycles. The smallest absolute Gasteiger partial charge is 0.251 e. The van der Waals surface area contributed by atoms with Gasteiger partial charge >= 0.3 is 0 Å². The van der Waals surface area contributed by atoms with Crippen molar-refractivity contribution >= 4 is 17.5 Å². The molecule has 0 bridgehead atoms. The first-order chi connectivity index (χ1) is 20.7. The fourth-order valence-corrected chi connectivity index (χ4v) is 4.72. The maximum Gasteiger partial charge on any atom is 0.251 e. The summed E-state index contributed by atoms with van der Waals surface area (Å²) < 4.78 is 24.6. The molecule has 1 N–H and O–H groups in total. The lowest BCUT2D eigenvalue weighted by Crippen LogP contribution is -2.45. The van der Waals surface area contributed by atoms with Gasteiger partial charge in [0.25, 0.3) is 11.8 Å². The van der Waals surface area contributed by atoms with Crippen molar-refractivity contribution in [2.24, 2.45) is 0 Å². The van der Waals surface area contributed by atoms with Crippen LogP contribution in [0.1, 0.15) is 34.3 Å². The second kappa shape index (κ2) is 12.7. The summed E-state index contributed by atoms with van der Waals surface area (Å²) in [5, 5.41) is 15.4. The van der Waals surface area contributed by atoms with Crippen molar-refractivity contribution in [1.82, 2.24) is 25.5 Å². The molecule has 0 fully saturated rings. The minimum absolute atomic E-state index is 0.222. The monoisotopic (exact) mass is 582 g/mol. The van der Waals surface area contributed by atoms with E-state index in [1.807, 2.05) is 50.2 Å². The maximum atomic E-state index is 14.1. The van der Waals surface area contributed by atoms with Gasteiger partial charge in [-0.05, 0) is 91.7 Å². The van der Waals surface area contributed by atoms with Crippen LogP contribution in [0.25, 0.3) is 11.4 Å². The first kappa shape index (κ1) is 29.2. The summed E-state index contributed by atoms with van der Waals surface area (Å²) in [5.74, 6) is 0.552. The van der Waals surface area contributed by atoms with E-state index in [1.165, 1.54) is 29.2 Å². The summed E-state index contributed by atoms with van der Waals surface area (Å²) in [6.07, 6.45) is 0. The number of rotatable bonds is 10. The molecule has 0 aliphatic rings. The molecule has 0 saturated carbocycles. The van der Waals surface area contributed by atoms with Gasteiger partial charge in [0.15, 0.2) is 6.04 Å². The molecule has 0 aliphatic carbocycles. The van der Waals surface area contributed by atoms with Crippen molar-refractivity contribution in [3.8, 4) is 17.1 Å². The van der Waals surface area contributed by atoms with Crippen LogP contribution in [0.3, 0.4) is 0 Å². The highest BCUT2D eigenvalue weighted by molar-refractivity contribution is 6.01. The largest absolute Gasteiger partial charge is 0.497 e. The SMILES string of the molecule is COc1ccc(CNC(=O)C(c2ccc(C)o2)N(C(=O)Cn2nnc(-c3ccc(F)cc3)n2)c2ccc(C)cc2C)cc1. The summed E-state index contributed by atoms with van der Waals surface area (Å²) >= 11 is 0. The van der Waals surface area contributed by atoms with Gasteiger partial charge in [0, 0.05) is 17.8 Å². The Morgan fingerprint density at radius 1 is 1.00 bits per heavy atom. The zero-order valence-electron chi connectivity index (χ0n) is 24.2. The van der Waals surface area contributed by atoms with E-state index < -0.39 is 17.9 Å². The van der Waals surface area contributed by atoms with Crippen LogP contribution in [0.4, 0.5) is 10.1 Å². The van der Waals surface area contributed by atoms with Crippen LogP contribution in [0, 0.1) is 26.6 Å². The number of ether oxygens (including phenoxy) is 1. The first-order valence-electron chi connectivity index (χ1n) is 13.6. The van der Waals surface area contributed by atoms with E-state index in [1.54, 1.807) is 32.2 Å². The Kier molecular flexibility index (Phi) is 8.61. The van der Waals surface area contributed by atoms with Crippen molar-refractivity contribution in [3.05, 3.63) is 113 Å². The van der Waals surface area contributed by atoms with Gasteiger partial charge in [0.1, 0.15) is 29.6 Å². The van der Waals surface area contributed by atoms with E-state index in [9.17, 15) is 14.0 Å². The maximum absolute atomic E-state index is 14.1. The number of aryl methyl sites for hydroxylation is 3. The molecule has 2 heterocycles. The predicted octanol–water partition coefficient (Wildman–Crippen LogP) is 5.10. The third-order valence-electron chi connectivity index (χ3n) is 6.88. The number of aromatic nitrogens is 4. The number of nitrogens with zero attached hydrogens (tertiary/aromatic N) is 5. The molecule has 2 amide bonds. The Morgan fingerprint density at radius 2 is 1.74 bits per heavy atom. The molecular formula is C32H31FN6O4. The van der Waals surface area contributed by atoms with Crippen LogP contribution in [-0.4, -0.2) is 39.1 Å². The van der Waals surface area contributed by atoms with Crippen molar-refractivity contribution < 1.29 is 23.1 Å². The van der Waals surface area contributed by atoms with Crippen LogP contribution in [0.15, 0.2) is 83.3 Å². The molecule has 0 spiro atoms. The molecule has 5 rings (SSSR count). The third kappa shape index (κ3) is 6.78. The van der Waals surface area contributed by atoms with Gasteiger partial charge in [0.2, 0.25) is 5.82 Å². The normalized spacial score (nSPS) is 11.7. The minimum Gasteiger partial charge on any atom is -0.497 e. The van der Waals surface area contributed by atoms with E-state index in [2.05, 4.69) is 20.7 Å². The summed E-state index contributed by atoms with van der Waals surface area (Å²) in [5.41, 5.74) is 3.74. The number of hydrogen-bond donors (Lipinski definition) is 1. The second-order valence-corrected chi connectivity index (χ2v) is 10.1. The fourth-order valence-electron chi connectivity index (χ4n) is 4.72. The highest BCUT2D eigenvalue weighted by Gasteiger charge is 2.36. The van der Waals surface area contributed by atoms with E-state index in [0.717, 1.165) is 21.5 Å². The summed E-state index contributed by atoms with van der Waals surface area (Å²) in [6.45, 7) is 5.51. The molecule has 1 atom stereocenters. The quantitative estimate of drug-likeness (QED) is 0.244. The molecule has 10 nitrogen and oxygen atoms in total. The number of furan rings is 1. The molecule has 220 valence electrons. The molecule has 1 unspecified atom stereocenters. The first-order valence-corrected chi connectivity index (χ1v) is 13.6. The number of carbonyl (C=O) groups is 2. The summed E-state index contributed by atoms with van der Waals surface area (Å²) in [6, 6.07) is 20.9. The van der Waals surface area contributed by atoms with Gasteiger partial charge in [-0.3, -0.25) is 14.5 Å². The number of benzene rings is 3. The molecule has 0 radical (unpaired) electrons. The van der Waals surface area contributed by atoms with Crippen LogP contribution in [-0.2, 0) is 22.7 Å². The Labute approximate surface area is 248 Å². The average molecular weight is 583 g/mol. The van der Waals surface area contributed by atoms with Gasteiger partial charge in [-0.2, -0.15) is 4.80 Å². The molecule has 43 heavy (non-hydrogen) atoms. The lowest BCUT2D eigenvalue weighted by molar-refractivity contribution is -0.127. The van der Waals surface area contributed by atoms with Crippen molar-refractivity contribution in [2.75, 3.05) is 12.0 Å². The van der Waals surface area contributed by atoms with Crippen molar-refractivity contribution in [1.29, 1.82) is 0 Å². The number of methoxy groups -OCH3 is 1. The van der Waals surface area contributed by atoms with E-state index in [4.69, 9.17) is 9.15 Å². The Balaban J connectivity index is 1.49. The highest BCUT2D eigenvalue weighted by Crippen LogP contribution is 2.32. The Bertz CT molecular complexity index is 1730. The molecule has 11 heteroatoms. The Morgan fingerprint density at radius 3 is 2.40 bits per heavy atom. The van der Waals surface area contributed by atoms with Gasteiger partial charge in [0.05, 0.1) is 7.11 Å². The fraction of sp³-hybridized carbons (Fsp3) is 0.219. The molecular weight excluding hydrogens is 551 g/mol. The van der Waals surface area contributed by atoms with Crippen LogP contribution in [0.2, 0.25) is 0 Å². The number of hydrogen-bond acceptors (Lipinski definition) is 7. The number of nitrogens with one attached hydrogen (secondary N) is 1. The topological polar surface area (TPSA) is 115 Å². The zero-order chi connectivity index (χ0) is 30.5. The number of tetrazole rings is 1. The highest BCUT2D eigenvalue weighted by atomic mass is 19.1. The predicted molar refractivity (Wildman–Crippen MR) is 158 cm³/mol. The van der Waals surface area contributed by atoms with Gasteiger partial charge in [-0.1, -0.05) is 29.8 Å². The number of halogens is 1. The standard InChI is InChI=1S/C32H31FN6O4/c1-20-5-15-27(21(2)17-20)39(29(40)19-38-36-31(35-37-38)24-9-11-25(33)12-10-24)30(28-16-6-22(3)43-28)32(41)34-18-23-7-13-26(42-4)14-8-23/h5-17,30H,18-19H2,1-4H3,(H,34,41). The lowest BCUT2D eigenvalue weighted by atomic mass is 10.1. The molecule has 3 aromatic carbocycles. The average Bonchev–Trinajstić information content (AvgIpc) is 3.64. The minimum atomic E-state index is -1.14. The van der Waals surface area contributed by atoms with E-state index >= 15 is 0 Å². The van der Waals surface area contributed by atoms with Crippen molar-refractivity contribution in [3.63, 3.8) is 0 Å². The lowest BCUT2D eigenvalue weighted by Gasteiger charge is -2.31. The third-order valence-corrected chi connectivity index (χ3v) is 6.88. The number of amides is 2. The van der Waals surface area contributed by atoms with Crippen LogP contribution < -0.4 is 15.0 Å². The van der Waals surface area contributed by atoms with Crippen molar-refractivity contribution in [2.45, 2.75) is 39.9 Å². The molecule has 5 aromatic rings. The van der Waals surface area contributed by atoms with Gasteiger partial charge in [-0.25, -0.2) is 4.39 Å². The van der Waals surface area contributed by atoms with E-state index in [0.29, 0.717) is 28.5 Å². The van der Waals surface area contributed by atoms with Crippen LogP contribution >= 0.6 is 0 Å². The second-order valence-electron chi connectivity index (χ2n) is 10.1. The van der Waals surface area contributed by atoms with Gasteiger partial charge < -0.3 is 14.5 Å². The molecule has 2 aromatic heterocycles. The summed E-state index contributed by atoms with van der Waals surface area (Å²) in [7, 11) is 1.59. The summed E-state index contributed by atoms with van der Waals surface area (Å²) in [4.78, 5) is 30.6. The van der Waals surface area contributed by atoms with E-state index in [-0.39, 0.29) is 24.7 Å².